The number of benzene rings is 1. The molecule has 1 fully saturated rings. The number of Topliss-reactive ketones (excluding diaryl/α,β-unsaturated/α-hetero) is 2. The van der Waals surface area contributed by atoms with Gasteiger partial charge in [0.15, 0.2) is 17.1 Å². The SMILES string of the molecule is CN(C)c1cc([NH+]([O-])O)c(O)c2c1CC1CC3[C@H](N(C)C)C(=O)C(C(N)=O)=C(O)[C@@]3(O)C(=O)C1=C2O. The van der Waals surface area contributed by atoms with Crippen molar-refractivity contribution in [1.29, 1.82) is 0 Å². The second-order valence-corrected chi connectivity index (χ2v) is 9.81. The van der Waals surface area contributed by atoms with Crippen LogP contribution in [0.25, 0.3) is 5.76 Å². The van der Waals surface area contributed by atoms with Gasteiger partial charge < -0.3 is 36.3 Å². The van der Waals surface area contributed by atoms with Gasteiger partial charge in [-0.15, -0.1) is 0 Å². The van der Waals surface area contributed by atoms with Crippen LogP contribution in [0, 0.1) is 17.0 Å². The Hall–Kier alpha value is -3.49. The minimum atomic E-state index is -2.76. The maximum Gasteiger partial charge on any atom is 0.255 e. The van der Waals surface area contributed by atoms with Crippen molar-refractivity contribution in [2.45, 2.75) is 24.5 Å². The summed E-state index contributed by atoms with van der Waals surface area (Å²) in [5.41, 5.74) is 1.30. The summed E-state index contributed by atoms with van der Waals surface area (Å²) in [7, 11) is 6.33. The molecule has 0 radical (unpaired) electrons. The number of carbonyl (C=O) groups is 3. The van der Waals surface area contributed by atoms with Crippen molar-refractivity contribution in [3.8, 4) is 5.75 Å². The summed E-state index contributed by atoms with van der Waals surface area (Å²) >= 11 is 0. The molecular formula is C23H28N4O9. The Labute approximate surface area is 205 Å². The number of nitrogens with two attached hydrogens (primary N) is 1. The minimum Gasteiger partial charge on any atom is -0.595 e. The molecule has 0 aromatic heterocycles. The fourth-order valence-electron chi connectivity index (χ4n) is 5.85. The van der Waals surface area contributed by atoms with Gasteiger partial charge in [0.25, 0.3) is 5.91 Å². The Bertz CT molecular complexity index is 1270. The zero-order valence-electron chi connectivity index (χ0n) is 20.1. The zero-order chi connectivity index (χ0) is 27.0. The number of rotatable bonds is 4. The number of fused-ring (bicyclic) bond motifs is 3. The molecule has 0 heterocycles. The highest BCUT2D eigenvalue weighted by atomic mass is 16.8. The van der Waals surface area contributed by atoms with Gasteiger partial charge in [-0.2, -0.15) is 5.23 Å². The topological polar surface area (TPSA) is 212 Å². The van der Waals surface area contributed by atoms with Crippen molar-refractivity contribution >= 4 is 34.6 Å². The maximum atomic E-state index is 13.8. The van der Waals surface area contributed by atoms with Crippen LogP contribution in [-0.4, -0.2) is 87.8 Å². The summed E-state index contributed by atoms with van der Waals surface area (Å²) in [6.07, 6.45) is 0.00951. The van der Waals surface area contributed by atoms with E-state index in [1.54, 1.807) is 19.0 Å². The third kappa shape index (κ3) is 3.24. The summed E-state index contributed by atoms with van der Waals surface area (Å²) in [5.74, 6) is -7.93. The summed E-state index contributed by atoms with van der Waals surface area (Å²) < 4.78 is 0. The van der Waals surface area contributed by atoms with Gasteiger partial charge in [-0.05, 0) is 38.4 Å². The zero-order valence-corrected chi connectivity index (χ0v) is 20.1. The number of quaternary nitrogens is 1. The number of likely N-dealkylation sites (N-methyl/N-ethyl adjacent to an activating group) is 1. The first-order valence-electron chi connectivity index (χ1n) is 11.1. The van der Waals surface area contributed by atoms with Gasteiger partial charge >= 0.3 is 0 Å². The van der Waals surface area contributed by atoms with Gasteiger partial charge in [0.2, 0.25) is 11.5 Å². The number of amides is 1. The largest absolute Gasteiger partial charge is 0.595 e. The molecule has 36 heavy (non-hydrogen) atoms. The van der Waals surface area contributed by atoms with Crippen molar-refractivity contribution in [2.24, 2.45) is 17.6 Å². The number of aliphatic hydroxyl groups excluding tert-OH is 2. The highest BCUT2D eigenvalue weighted by Gasteiger charge is 2.64. The lowest BCUT2D eigenvalue weighted by atomic mass is 9.57. The molecule has 4 rings (SSSR count). The summed E-state index contributed by atoms with van der Waals surface area (Å²) in [6, 6.07) is 0.0782. The highest BCUT2D eigenvalue weighted by molar-refractivity contribution is 6.24. The first-order chi connectivity index (χ1) is 16.7. The molecule has 0 saturated heterocycles. The monoisotopic (exact) mass is 504 g/mol. The van der Waals surface area contributed by atoms with Crippen LogP contribution in [0.1, 0.15) is 17.5 Å². The van der Waals surface area contributed by atoms with E-state index in [9.17, 15) is 45.2 Å². The van der Waals surface area contributed by atoms with E-state index < -0.39 is 74.7 Å². The molecule has 1 saturated carbocycles. The number of phenolic OH excluding ortho intramolecular Hbond substituents is 1. The lowest BCUT2D eigenvalue weighted by Gasteiger charge is -2.50. The molecule has 1 aromatic rings. The third-order valence-electron chi connectivity index (χ3n) is 7.41. The lowest BCUT2D eigenvalue weighted by Crippen LogP contribution is -2.99. The summed E-state index contributed by atoms with van der Waals surface area (Å²) in [5, 5.41) is 64.2. The number of primary amides is 1. The van der Waals surface area contributed by atoms with Gasteiger partial charge in [-0.3, -0.25) is 19.3 Å². The molecule has 0 spiro atoms. The van der Waals surface area contributed by atoms with Crippen LogP contribution in [-0.2, 0) is 20.8 Å². The van der Waals surface area contributed by atoms with Gasteiger partial charge in [-0.1, -0.05) is 0 Å². The van der Waals surface area contributed by atoms with E-state index >= 15 is 0 Å². The van der Waals surface area contributed by atoms with Crippen LogP contribution in [0.15, 0.2) is 23.0 Å². The second kappa shape index (κ2) is 8.28. The summed E-state index contributed by atoms with van der Waals surface area (Å²) in [6.45, 7) is 0. The number of aliphatic hydroxyl groups is 3. The Morgan fingerprint density at radius 2 is 1.81 bits per heavy atom. The molecule has 3 unspecified atom stereocenters. The van der Waals surface area contributed by atoms with E-state index in [1.165, 1.54) is 25.1 Å². The Balaban J connectivity index is 2.02. The smallest absolute Gasteiger partial charge is 0.255 e. The Morgan fingerprint density at radius 1 is 1.19 bits per heavy atom. The second-order valence-electron chi connectivity index (χ2n) is 9.81. The minimum absolute atomic E-state index is 0.0555. The van der Waals surface area contributed by atoms with E-state index in [4.69, 9.17) is 5.73 Å². The number of hydrogen-bond acceptors (Lipinski definition) is 11. The molecular weight excluding hydrogens is 476 g/mol. The van der Waals surface area contributed by atoms with Gasteiger partial charge in [-0.25, -0.2) is 5.21 Å². The van der Waals surface area contributed by atoms with Gasteiger partial charge in [0.05, 0.1) is 11.6 Å². The number of hydrogen-bond donors (Lipinski definition) is 7. The van der Waals surface area contributed by atoms with Crippen LogP contribution in [0.5, 0.6) is 5.75 Å². The quantitative estimate of drug-likeness (QED) is 0.141. The number of aromatic hydroxyl groups is 1. The Kier molecular flexibility index (Phi) is 5.89. The first kappa shape index (κ1) is 25.6. The fraction of sp³-hybridized carbons (Fsp3) is 0.435. The predicted octanol–water partition coefficient (Wildman–Crippen LogP) is -1.57. The van der Waals surface area contributed by atoms with E-state index in [0.29, 0.717) is 11.3 Å². The van der Waals surface area contributed by atoms with E-state index in [0.717, 1.165) is 0 Å². The molecule has 13 nitrogen and oxygen atoms in total. The van der Waals surface area contributed by atoms with Crippen LogP contribution < -0.4 is 15.9 Å². The predicted molar refractivity (Wildman–Crippen MR) is 124 cm³/mol. The number of anilines is 1. The highest BCUT2D eigenvalue weighted by Crippen LogP contribution is 2.54. The van der Waals surface area contributed by atoms with Crippen molar-refractivity contribution in [1.82, 2.24) is 4.90 Å². The lowest BCUT2D eigenvalue weighted by molar-refractivity contribution is -0.991. The molecule has 194 valence electrons. The van der Waals surface area contributed by atoms with E-state index in [2.05, 4.69) is 0 Å². The van der Waals surface area contributed by atoms with Crippen molar-refractivity contribution in [3.63, 3.8) is 0 Å². The normalized spacial score (nSPS) is 28.6. The number of nitrogens with zero attached hydrogens (tertiary/aromatic N) is 2. The van der Waals surface area contributed by atoms with Crippen molar-refractivity contribution in [2.75, 3.05) is 33.1 Å². The Morgan fingerprint density at radius 3 is 2.31 bits per heavy atom. The maximum absolute atomic E-state index is 13.8. The number of ketones is 2. The molecule has 0 aliphatic heterocycles. The first-order valence-corrected chi connectivity index (χ1v) is 11.1. The molecule has 1 aromatic carbocycles. The van der Waals surface area contributed by atoms with Gasteiger partial charge in [0, 0.05) is 37.3 Å². The molecule has 1 amide bonds. The van der Waals surface area contributed by atoms with Crippen LogP contribution >= 0.6 is 0 Å². The average Bonchev–Trinajstić information content (AvgIpc) is 2.75. The van der Waals surface area contributed by atoms with Crippen LogP contribution in [0.4, 0.5) is 11.4 Å². The molecule has 8 N–H and O–H groups in total. The van der Waals surface area contributed by atoms with Crippen LogP contribution in [0.3, 0.4) is 0 Å². The van der Waals surface area contributed by atoms with Gasteiger partial charge in [0.1, 0.15) is 17.1 Å². The third-order valence-corrected chi connectivity index (χ3v) is 7.41. The molecule has 13 heteroatoms. The molecule has 0 bridgehead atoms. The number of nitrogens with one attached hydrogen (secondary N) is 1. The van der Waals surface area contributed by atoms with Crippen molar-refractivity contribution < 1.29 is 45.2 Å². The van der Waals surface area contributed by atoms with E-state index in [1.807, 2.05) is 0 Å². The molecule has 3 aliphatic rings. The standard InChI is InChI=1S/C23H28N4O9/c1-25(2)11-7-12(27(35)36)17(28)14-9(11)5-8-6-10-16(26(3)4)19(30)15(22(24)33)21(32)23(10,34)20(31)13(8)18(14)29/h7-8,10,16,27-29,32,34-35H,5-6H2,1-4H3,(H2,24,33)/t8?,10?,16-,23-/m0/s1. The molecule has 5 atom stereocenters. The number of phenols is 1. The summed E-state index contributed by atoms with van der Waals surface area (Å²) in [4.78, 5) is 41.9. The number of carbonyl (C=O) groups excluding carboxylic acids is 3. The fourth-order valence-corrected chi connectivity index (χ4v) is 5.85. The van der Waals surface area contributed by atoms with Crippen molar-refractivity contribution in [3.05, 3.63) is 39.3 Å². The average molecular weight is 504 g/mol. The van der Waals surface area contributed by atoms with E-state index in [-0.39, 0.29) is 24.0 Å². The van der Waals surface area contributed by atoms with Crippen LogP contribution in [0.2, 0.25) is 0 Å². The molecule has 3 aliphatic carbocycles.